The minimum Gasteiger partial charge on any atom is -0.386 e. The van der Waals surface area contributed by atoms with E-state index in [1.165, 1.54) is 71.6 Å². The lowest BCUT2D eigenvalue weighted by Gasteiger charge is -2.31. The van der Waals surface area contributed by atoms with Crippen molar-refractivity contribution >= 4 is 13.5 Å². The maximum Gasteiger partial charge on any atom is 0.399 e. The van der Waals surface area contributed by atoms with Crippen LogP contribution in [-0.4, -0.2) is 35.9 Å². The van der Waals surface area contributed by atoms with Gasteiger partial charge in [-0.15, -0.1) is 0 Å². The highest BCUT2D eigenvalue weighted by molar-refractivity contribution is 7.55. The van der Waals surface area contributed by atoms with Crippen molar-refractivity contribution in [3.8, 4) is 0 Å². The van der Waals surface area contributed by atoms with Crippen molar-refractivity contribution in [3.05, 3.63) is 35.9 Å². The van der Waals surface area contributed by atoms with Crippen LogP contribution >= 0.6 is 7.60 Å². The van der Waals surface area contributed by atoms with Crippen molar-refractivity contribution in [1.29, 1.82) is 0 Å². The fourth-order valence-corrected chi connectivity index (χ4v) is 6.20. The Morgan fingerprint density at radius 3 is 1.77 bits per heavy atom. The van der Waals surface area contributed by atoms with Gasteiger partial charge in [-0.1, -0.05) is 114 Å². The number of rotatable bonds is 24. The molecule has 6 nitrogen and oxygen atoms in total. The Bertz CT molecular complexity index is 802. The molecule has 0 bridgehead atoms. The summed E-state index contributed by atoms with van der Waals surface area (Å²) in [4.78, 5) is 12.7. The molecule has 2 atom stereocenters. The van der Waals surface area contributed by atoms with E-state index >= 15 is 8.78 Å². The molecule has 0 heterocycles. The Kier molecular flexibility index (Phi) is 18.8. The molecular weight excluding hydrogens is 523 g/mol. The summed E-state index contributed by atoms with van der Waals surface area (Å²) in [6.45, 7) is 4.70. The smallest absolute Gasteiger partial charge is 0.386 e. The fraction of sp³-hybridized carbons (Fsp3) is 0.767. The number of nitrogens with one attached hydrogen (secondary N) is 1. The maximum atomic E-state index is 15.2. The summed E-state index contributed by atoms with van der Waals surface area (Å²) in [6.07, 6.45) is 13.0. The third-order valence-electron chi connectivity index (χ3n) is 6.84. The molecule has 0 aliphatic heterocycles. The molecule has 1 aromatic carbocycles. The Balaban J connectivity index is 2.55. The third kappa shape index (κ3) is 14.2. The van der Waals surface area contributed by atoms with E-state index in [2.05, 4.69) is 12.2 Å². The van der Waals surface area contributed by atoms with Crippen molar-refractivity contribution in [2.45, 2.75) is 135 Å². The van der Waals surface area contributed by atoms with Crippen molar-refractivity contribution in [1.82, 2.24) is 5.32 Å². The van der Waals surface area contributed by atoms with Gasteiger partial charge in [0.25, 0.3) is 0 Å². The quantitative estimate of drug-likeness (QED) is 0.0949. The molecule has 0 saturated carbocycles. The predicted octanol–water partition coefficient (Wildman–Crippen LogP) is 8.94. The second-order valence-electron chi connectivity index (χ2n) is 10.2. The molecule has 1 rings (SSSR count). The SMILES string of the molecule is CCCCCCCCCCCCCCCC(=O)N[C@@H](CC(F)(F)P(=O)(OCC)OCC)[C@H](O)c1ccccc1. The first kappa shape index (κ1) is 35.7. The summed E-state index contributed by atoms with van der Waals surface area (Å²) in [6, 6.07) is 6.91. The molecule has 0 aromatic heterocycles. The van der Waals surface area contributed by atoms with Gasteiger partial charge in [0.1, 0.15) is 0 Å². The van der Waals surface area contributed by atoms with E-state index in [4.69, 9.17) is 9.05 Å². The van der Waals surface area contributed by atoms with Gasteiger partial charge in [0.2, 0.25) is 5.91 Å². The first-order valence-corrected chi connectivity index (χ1v) is 16.5. The van der Waals surface area contributed by atoms with Gasteiger partial charge in [0.15, 0.2) is 0 Å². The summed E-state index contributed by atoms with van der Waals surface area (Å²) in [5.74, 6) is -0.420. The normalized spacial score (nSPS) is 13.8. The largest absolute Gasteiger partial charge is 0.399 e. The minimum absolute atomic E-state index is 0.177. The zero-order chi connectivity index (χ0) is 29.0. The molecule has 0 unspecified atom stereocenters. The lowest BCUT2D eigenvalue weighted by Crippen LogP contribution is -2.43. The van der Waals surface area contributed by atoms with E-state index in [1.54, 1.807) is 30.3 Å². The zero-order valence-electron chi connectivity index (χ0n) is 24.3. The highest BCUT2D eigenvalue weighted by Gasteiger charge is 2.55. The van der Waals surface area contributed by atoms with Crippen LogP contribution in [-0.2, 0) is 18.4 Å². The number of carbonyl (C=O) groups excluding carboxylic acids is 1. The fourth-order valence-electron chi connectivity index (χ4n) is 4.65. The average Bonchev–Trinajstić information content (AvgIpc) is 2.91. The second kappa shape index (κ2) is 20.5. The molecule has 226 valence electrons. The van der Waals surface area contributed by atoms with Crippen LogP contribution in [0.3, 0.4) is 0 Å². The second-order valence-corrected chi connectivity index (χ2v) is 12.4. The van der Waals surface area contributed by atoms with Crippen LogP contribution in [0.1, 0.15) is 129 Å². The van der Waals surface area contributed by atoms with Crippen LogP contribution in [0.5, 0.6) is 0 Å². The maximum absolute atomic E-state index is 15.2. The van der Waals surface area contributed by atoms with Crippen LogP contribution in [0.4, 0.5) is 8.78 Å². The Labute approximate surface area is 235 Å². The van der Waals surface area contributed by atoms with Gasteiger partial charge in [-0.2, -0.15) is 8.78 Å². The van der Waals surface area contributed by atoms with E-state index in [9.17, 15) is 14.5 Å². The molecule has 0 aliphatic carbocycles. The predicted molar refractivity (Wildman–Crippen MR) is 154 cm³/mol. The van der Waals surface area contributed by atoms with E-state index < -0.39 is 37.7 Å². The van der Waals surface area contributed by atoms with Gasteiger partial charge in [-0.3, -0.25) is 9.36 Å². The van der Waals surface area contributed by atoms with Crippen molar-refractivity contribution in [2.24, 2.45) is 0 Å². The molecule has 0 fully saturated rings. The summed E-state index contributed by atoms with van der Waals surface area (Å²) in [7, 11) is -4.80. The Morgan fingerprint density at radius 2 is 1.31 bits per heavy atom. The molecule has 0 aliphatic rings. The van der Waals surface area contributed by atoms with Gasteiger partial charge < -0.3 is 19.5 Å². The topological polar surface area (TPSA) is 84.9 Å². The highest BCUT2D eigenvalue weighted by atomic mass is 31.2. The average molecular weight is 576 g/mol. The molecule has 0 saturated heterocycles. The number of hydrogen-bond acceptors (Lipinski definition) is 5. The van der Waals surface area contributed by atoms with Crippen molar-refractivity contribution in [3.63, 3.8) is 0 Å². The molecular formula is C30H52F2NO5P. The summed E-state index contributed by atoms with van der Waals surface area (Å²) in [5, 5.41) is 13.5. The van der Waals surface area contributed by atoms with Gasteiger partial charge >= 0.3 is 13.3 Å². The number of aliphatic hydroxyl groups excluding tert-OH is 1. The highest BCUT2D eigenvalue weighted by Crippen LogP contribution is 2.63. The van der Waals surface area contributed by atoms with Gasteiger partial charge in [0.05, 0.1) is 25.4 Å². The minimum atomic E-state index is -4.80. The van der Waals surface area contributed by atoms with Crippen molar-refractivity contribution in [2.75, 3.05) is 13.2 Å². The number of aliphatic hydroxyl groups is 1. The lowest BCUT2D eigenvalue weighted by molar-refractivity contribution is -0.123. The van der Waals surface area contributed by atoms with Gasteiger partial charge in [-0.25, -0.2) is 0 Å². The molecule has 9 heteroatoms. The number of benzene rings is 1. The third-order valence-corrected chi connectivity index (χ3v) is 9.02. The number of hydrogen-bond donors (Lipinski definition) is 2. The van der Waals surface area contributed by atoms with E-state index in [0.717, 1.165) is 19.3 Å². The molecule has 0 radical (unpaired) electrons. The van der Waals surface area contributed by atoms with Gasteiger partial charge in [-0.05, 0) is 25.8 Å². The molecule has 2 N–H and O–H groups in total. The monoisotopic (exact) mass is 575 g/mol. The van der Waals surface area contributed by atoms with Crippen LogP contribution in [0, 0.1) is 0 Å². The number of unbranched alkanes of at least 4 members (excludes halogenated alkanes) is 12. The summed E-state index contributed by atoms with van der Waals surface area (Å²) >= 11 is 0. The van der Waals surface area contributed by atoms with E-state index in [0.29, 0.717) is 12.0 Å². The number of carbonyl (C=O) groups is 1. The zero-order valence-corrected chi connectivity index (χ0v) is 25.2. The van der Waals surface area contributed by atoms with Crippen LogP contribution in [0.2, 0.25) is 0 Å². The van der Waals surface area contributed by atoms with Crippen LogP contribution in [0.25, 0.3) is 0 Å². The lowest BCUT2D eigenvalue weighted by atomic mass is 9.99. The number of halogens is 2. The van der Waals surface area contributed by atoms with Crippen molar-refractivity contribution < 1.29 is 32.3 Å². The van der Waals surface area contributed by atoms with Crippen LogP contribution < -0.4 is 5.32 Å². The summed E-state index contributed by atoms with van der Waals surface area (Å²) < 4.78 is 53.0. The number of alkyl halides is 2. The first-order valence-electron chi connectivity index (χ1n) is 15.0. The standard InChI is InChI=1S/C30H52F2NO5P/c1-4-7-8-9-10-11-12-13-14-15-16-17-21-24-28(34)33-27(29(35)26-22-19-18-20-23-26)25-30(31,32)39(36,37-5-2)38-6-3/h18-20,22-23,27,29,35H,4-17,21,24-25H2,1-3H3,(H,33,34)/t27-,29+/m0/s1. The molecule has 0 spiro atoms. The molecule has 1 aromatic rings. The Hall–Kier alpha value is -1.34. The van der Waals surface area contributed by atoms with Crippen LogP contribution in [0.15, 0.2) is 30.3 Å². The number of amides is 1. The van der Waals surface area contributed by atoms with E-state index in [1.807, 2.05) is 0 Å². The molecule has 39 heavy (non-hydrogen) atoms. The summed E-state index contributed by atoms with van der Waals surface area (Å²) in [5.41, 5.74) is -3.52. The van der Waals surface area contributed by atoms with Gasteiger partial charge in [0, 0.05) is 12.8 Å². The Morgan fingerprint density at radius 1 is 0.846 bits per heavy atom. The van der Waals surface area contributed by atoms with E-state index in [-0.39, 0.29) is 19.6 Å². The first-order chi connectivity index (χ1) is 18.7. The molecule has 1 amide bonds.